The number of aliphatic hydroxyl groups excluding tert-OH is 1. The van der Waals surface area contributed by atoms with E-state index in [4.69, 9.17) is 0 Å². The third-order valence-electron chi connectivity index (χ3n) is 4.27. The molecule has 0 bridgehead atoms. The van der Waals surface area contributed by atoms with Gasteiger partial charge in [0.15, 0.2) is 5.96 Å². The first-order valence-corrected chi connectivity index (χ1v) is 9.75. The lowest BCUT2D eigenvalue weighted by Crippen LogP contribution is -2.39. The molecule has 1 amide bonds. The average molecular weight is 510 g/mol. The van der Waals surface area contributed by atoms with Crippen LogP contribution in [0.15, 0.2) is 65.7 Å². The molecular formula is C22H31IN4O2. The largest absolute Gasteiger partial charge is 0.396 e. The van der Waals surface area contributed by atoms with E-state index < -0.39 is 0 Å². The Morgan fingerprint density at radius 3 is 2.21 bits per heavy atom. The van der Waals surface area contributed by atoms with Crippen molar-refractivity contribution in [2.24, 2.45) is 4.99 Å². The first kappa shape index (κ1) is 24.9. The zero-order chi connectivity index (χ0) is 20.0. The van der Waals surface area contributed by atoms with Gasteiger partial charge in [0.1, 0.15) is 0 Å². The Morgan fingerprint density at radius 2 is 1.59 bits per heavy atom. The van der Waals surface area contributed by atoms with Crippen LogP contribution in [0.25, 0.3) is 0 Å². The van der Waals surface area contributed by atoms with Crippen molar-refractivity contribution in [3.05, 3.63) is 71.8 Å². The molecule has 29 heavy (non-hydrogen) atoms. The number of nitrogens with zero attached hydrogens (tertiary/aromatic N) is 1. The van der Waals surface area contributed by atoms with Gasteiger partial charge in [0, 0.05) is 31.1 Å². The van der Waals surface area contributed by atoms with Crippen LogP contribution >= 0.6 is 24.0 Å². The highest BCUT2D eigenvalue weighted by Crippen LogP contribution is 2.14. The second-order valence-electron chi connectivity index (χ2n) is 6.41. The number of hydrogen-bond donors (Lipinski definition) is 4. The van der Waals surface area contributed by atoms with Gasteiger partial charge in [-0.3, -0.25) is 9.79 Å². The maximum absolute atomic E-state index is 12.0. The molecular weight excluding hydrogens is 479 g/mol. The van der Waals surface area contributed by atoms with Gasteiger partial charge in [0.05, 0.1) is 13.2 Å². The second kappa shape index (κ2) is 14.8. The fourth-order valence-electron chi connectivity index (χ4n) is 2.73. The summed E-state index contributed by atoms with van der Waals surface area (Å²) in [6.45, 7) is 4.60. The van der Waals surface area contributed by atoms with Crippen molar-refractivity contribution >= 4 is 35.8 Å². The number of guanidine groups is 1. The van der Waals surface area contributed by atoms with Gasteiger partial charge in [-0.25, -0.2) is 0 Å². The maximum atomic E-state index is 12.0. The number of carbonyl (C=O) groups excluding carboxylic acids is 1. The molecule has 0 aliphatic carbocycles. The van der Waals surface area contributed by atoms with Crippen molar-refractivity contribution in [2.45, 2.75) is 19.3 Å². The summed E-state index contributed by atoms with van der Waals surface area (Å²) in [6.07, 6.45) is 0.783. The topological polar surface area (TPSA) is 85.8 Å². The number of nitrogens with one attached hydrogen (secondary N) is 3. The standard InChI is InChI=1S/C22H30N4O2.HI/c1-2-23-22(26-16-20(17-27)18-10-5-3-6-11-18)25-15-9-14-24-21(28)19-12-7-4-8-13-19;/h3-8,10-13,20,27H,2,9,14-17H2,1H3,(H,24,28)(H2,23,25,26);1H. The van der Waals surface area contributed by atoms with E-state index in [9.17, 15) is 9.90 Å². The van der Waals surface area contributed by atoms with Crippen molar-refractivity contribution in [3.8, 4) is 0 Å². The van der Waals surface area contributed by atoms with Gasteiger partial charge in [-0.1, -0.05) is 48.5 Å². The lowest BCUT2D eigenvalue weighted by atomic mass is 10.0. The van der Waals surface area contributed by atoms with E-state index in [-0.39, 0.29) is 42.4 Å². The molecule has 6 nitrogen and oxygen atoms in total. The smallest absolute Gasteiger partial charge is 0.251 e. The maximum Gasteiger partial charge on any atom is 0.251 e. The van der Waals surface area contributed by atoms with Crippen molar-refractivity contribution in [1.29, 1.82) is 0 Å². The summed E-state index contributed by atoms with van der Waals surface area (Å²) < 4.78 is 0. The zero-order valence-corrected chi connectivity index (χ0v) is 19.1. The Hall–Kier alpha value is -2.13. The minimum atomic E-state index is -0.0603. The molecule has 1 unspecified atom stereocenters. The minimum absolute atomic E-state index is 0. The summed E-state index contributed by atoms with van der Waals surface area (Å²) in [5.41, 5.74) is 1.74. The molecule has 0 saturated carbocycles. The van der Waals surface area contributed by atoms with E-state index in [1.807, 2.05) is 55.5 Å². The van der Waals surface area contributed by atoms with E-state index in [0.29, 0.717) is 31.2 Å². The predicted octanol–water partition coefficient (Wildman–Crippen LogP) is 2.76. The van der Waals surface area contributed by atoms with Crippen LogP contribution in [-0.2, 0) is 0 Å². The number of benzene rings is 2. The summed E-state index contributed by atoms with van der Waals surface area (Å²) in [5, 5.41) is 19.1. The SMILES string of the molecule is CCNC(=NCC(CO)c1ccccc1)NCCCNC(=O)c1ccccc1.I. The van der Waals surface area contributed by atoms with Gasteiger partial charge < -0.3 is 21.1 Å². The summed E-state index contributed by atoms with van der Waals surface area (Å²) >= 11 is 0. The summed E-state index contributed by atoms with van der Waals surface area (Å²) in [5.74, 6) is 0.628. The highest BCUT2D eigenvalue weighted by molar-refractivity contribution is 14.0. The summed E-state index contributed by atoms with van der Waals surface area (Å²) in [6, 6.07) is 19.1. The Kier molecular flexibility index (Phi) is 12.7. The number of amides is 1. The van der Waals surface area contributed by atoms with E-state index in [0.717, 1.165) is 18.5 Å². The average Bonchev–Trinajstić information content (AvgIpc) is 2.75. The Morgan fingerprint density at radius 1 is 0.966 bits per heavy atom. The van der Waals surface area contributed by atoms with Crippen LogP contribution < -0.4 is 16.0 Å². The molecule has 0 spiro atoms. The fraction of sp³-hybridized carbons (Fsp3) is 0.364. The minimum Gasteiger partial charge on any atom is -0.396 e. The van der Waals surface area contributed by atoms with E-state index >= 15 is 0 Å². The van der Waals surface area contributed by atoms with Crippen LogP contribution in [0.3, 0.4) is 0 Å². The van der Waals surface area contributed by atoms with Crippen LogP contribution in [0.4, 0.5) is 0 Å². The molecule has 0 radical (unpaired) electrons. The number of aliphatic hydroxyl groups is 1. The van der Waals surface area contributed by atoms with Crippen LogP contribution in [0.2, 0.25) is 0 Å². The molecule has 0 fully saturated rings. The molecule has 7 heteroatoms. The number of rotatable bonds is 10. The van der Waals surface area contributed by atoms with Crippen molar-refractivity contribution in [3.63, 3.8) is 0 Å². The molecule has 0 aromatic heterocycles. The predicted molar refractivity (Wildman–Crippen MR) is 129 cm³/mol. The number of hydrogen-bond acceptors (Lipinski definition) is 3. The lowest BCUT2D eigenvalue weighted by Gasteiger charge is -2.15. The van der Waals surface area contributed by atoms with Gasteiger partial charge in [-0.05, 0) is 31.0 Å². The van der Waals surface area contributed by atoms with Gasteiger partial charge in [0.25, 0.3) is 5.91 Å². The molecule has 0 heterocycles. The Balaban J connectivity index is 0.00000420. The van der Waals surface area contributed by atoms with E-state index in [2.05, 4.69) is 20.9 Å². The van der Waals surface area contributed by atoms with Crippen molar-refractivity contribution in [2.75, 3.05) is 32.8 Å². The molecule has 1 atom stereocenters. The van der Waals surface area contributed by atoms with Gasteiger partial charge >= 0.3 is 0 Å². The summed E-state index contributed by atoms with van der Waals surface area (Å²) in [7, 11) is 0. The second-order valence-corrected chi connectivity index (χ2v) is 6.41. The van der Waals surface area contributed by atoms with Crippen molar-refractivity contribution in [1.82, 2.24) is 16.0 Å². The zero-order valence-electron chi connectivity index (χ0n) is 16.8. The van der Waals surface area contributed by atoms with Gasteiger partial charge in [-0.2, -0.15) is 0 Å². The van der Waals surface area contributed by atoms with Crippen molar-refractivity contribution < 1.29 is 9.90 Å². The van der Waals surface area contributed by atoms with Crippen LogP contribution in [0, 0.1) is 0 Å². The Labute approximate surface area is 190 Å². The first-order valence-electron chi connectivity index (χ1n) is 9.75. The highest BCUT2D eigenvalue weighted by atomic mass is 127. The van der Waals surface area contributed by atoms with E-state index in [1.54, 1.807) is 12.1 Å². The monoisotopic (exact) mass is 510 g/mol. The third kappa shape index (κ3) is 9.27. The molecule has 4 N–H and O–H groups in total. The molecule has 0 saturated heterocycles. The van der Waals surface area contributed by atoms with Gasteiger partial charge in [0.2, 0.25) is 0 Å². The fourth-order valence-corrected chi connectivity index (χ4v) is 2.73. The normalized spacial score (nSPS) is 11.9. The molecule has 0 aliphatic heterocycles. The van der Waals surface area contributed by atoms with Crippen LogP contribution in [-0.4, -0.2) is 49.8 Å². The van der Waals surface area contributed by atoms with E-state index in [1.165, 1.54) is 0 Å². The molecule has 158 valence electrons. The quantitative estimate of drug-likeness (QED) is 0.172. The highest BCUT2D eigenvalue weighted by Gasteiger charge is 2.10. The lowest BCUT2D eigenvalue weighted by molar-refractivity contribution is 0.0953. The Bertz CT molecular complexity index is 726. The molecule has 2 aromatic carbocycles. The molecule has 0 aliphatic rings. The molecule has 2 rings (SSSR count). The number of carbonyl (C=O) groups is 1. The third-order valence-corrected chi connectivity index (χ3v) is 4.27. The summed E-state index contributed by atoms with van der Waals surface area (Å²) in [4.78, 5) is 16.6. The van der Waals surface area contributed by atoms with Gasteiger partial charge in [-0.15, -0.1) is 24.0 Å². The van der Waals surface area contributed by atoms with Crippen LogP contribution in [0.1, 0.15) is 35.2 Å². The molecule has 2 aromatic rings. The van der Waals surface area contributed by atoms with Crippen LogP contribution in [0.5, 0.6) is 0 Å². The number of halogens is 1. The first-order chi connectivity index (χ1) is 13.7. The number of aliphatic imine (C=N–C) groups is 1.